The number of benzene rings is 4. The second-order valence-corrected chi connectivity index (χ2v) is 12.2. The molecular weight excluding hydrogens is 570 g/mol. The molecular formula is C33H34ClN3O4S. The number of amides is 2. The third-order valence-corrected chi connectivity index (χ3v) is 8.82. The molecule has 0 aliphatic rings. The molecule has 0 spiro atoms. The quantitative estimate of drug-likeness (QED) is 0.228. The molecule has 0 fully saturated rings. The topological polar surface area (TPSA) is 86.8 Å². The molecule has 0 saturated carbocycles. The molecule has 1 atom stereocenters. The Hall–Kier alpha value is -4.14. The van der Waals surface area contributed by atoms with Gasteiger partial charge in [0.25, 0.3) is 10.0 Å². The van der Waals surface area contributed by atoms with Crippen molar-refractivity contribution in [1.82, 2.24) is 10.2 Å². The van der Waals surface area contributed by atoms with Crippen LogP contribution in [-0.4, -0.2) is 44.3 Å². The van der Waals surface area contributed by atoms with Crippen LogP contribution in [0.2, 0.25) is 5.02 Å². The maximum Gasteiger partial charge on any atom is 0.264 e. The highest BCUT2D eigenvalue weighted by atomic mass is 35.5. The van der Waals surface area contributed by atoms with Crippen LogP contribution in [-0.2, 0) is 32.6 Å². The molecule has 42 heavy (non-hydrogen) atoms. The number of rotatable bonds is 12. The molecule has 0 radical (unpaired) electrons. The third-order valence-electron chi connectivity index (χ3n) is 6.80. The first-order valence-corrected chi connectivity index (χ1v) is 15.5. The number of nitrogens with one attached hydrogen (secondary N) is 1. The number of carbonyl (C=O) groups is 2. The Bertz CT molecular complexity index is 1600. The molecule has 0 aliphatic carbocycles. The van der Waals surface area contributed by atoms with Crippen molar-refractivity contribution >= 4 is 39.1 Å². The first-order valence-electron chi connectivity index (χ1n) is 13.7. The fourth-order valence-electron chi connectivity index (χ4n) is 4.64. The van der Waals surface area contributed by atoms with E-state index in [-0.39, 0.29) is 23.8 Å². The average Bonchev–Trinajstić information content (AvgIpc) is 2.99. The highest BCUT2D eigenvalue weighted by Crippen LogP contribution is 2.25. The van der Waals surface area contributed by atoms with Crippen molar-refractivity contribution in [3.8, 4) is 0 Å². The van der Waals surface area contributed by atoms with Gasteiger partial charge < -0.3 is 10.2 Å². The molecule has 4 aromatic rings. The van der Waals surface area contributed by atoms with Gasteiger partial charge in [-0.3, -0.25) is 13.9 Å². The van der Waals surface area contributed by atoms with E-state index in [4.69, 9.17) is 11.6 Å². The van der Waals surface area contributed by atoms with Gasteiger partial charge in [-0.15, -0.1) is 0 Å². The predicted octanol–water partition coefficient (Wildman–Crippen LogP) is 5.62. The molecule has 7 nitrogen and oxygen atoms in total. The van der Waals surface area contributed by atoms with Gasteiger partial charge in [0, 0.05) is 24.5 Å². The van der Waals surface area contributed by atoms with Crippen LogP contribution < -0.4 is 9.62 Å². The van der Waals surface area contributed by atoms with Gasteiger partial charge in [-0.25, -0.2) is 8.42 Å². The van der Waals surface area contributed by atoms with E-state index < -0.39 is 28.5 Å². The van der Waals surface area contributed by atoms with Gasteiger partial charge in [0.05, 0.1) is 10.6 Å². The SMILES string of the molecule is CCNC(=O)[C@@H](Cc1ccccc1)N(Cc1cccc(Cl)c1)C(=O)CN(c1ccc(C)cc1)S(=O)(=O)c1ccccc1. The van der Waals surface area contributed by atoms with E-state index in [1.807, 2.05) is 50.2 Å². The van der Waals surface area contributed by atoms with E-state index in [0.717, 1.165) is 15.4 Å². The lowest BCUT2D eigenvalue weighted by atomic mass is 10.0. The highest BCUT2D eigenvalue weighted by Gasteiger charge is 2.34. The molecule has 9 heteroatoms. The minimum absolute atomic E-state index is 0.0567. The van der Waals surface area contributed by atoms with Crippen molar-refractivity contribution < 1.29 is 18.0 Å². The maximum absolute atomic E-state index is 14.3. The van der Waals surface area contributed by atoms with E-state index in [2.05, 4.69) is 5.32 Å². The monoisotopic (exact) mass is 603 g/mol. The van der Waals surface area contributed by atoms with Gasteiger partial charge in [-0.05, 0) is 61.4 Å². The van der Waals surface area contributed by atoms with Gasteiger partial charge in [0.15, 0.2) is 0 Å². The smallest absolute Gasteiger partial charge is 0.264 e. The summed E-state index contributed by atoms with van der Waals surface area (Å²) in [5, 5.41) is 3.35. The summed E-state index contributed by atoms with van der Waals surface area (Å²) in [6, 6.07) is 30.5. The largest absolute Gasteiger partial charge is 0.355 e. The normalized spacial score (nSPS) is 11.9. The zero-order valence-corrected chi connectivity index (χ0v) is 25.2. The number of sulfonamides is 1. The average molecular weight is 604 g/mol. The number of nitrogens with zero attached hydrogens (tertiary/aromatic N) is 2. The number of hydrogen-bond acceptors (Lipinski definition) is 4. The fraction of sp³-hybridized carbons (Fsp3) is 0.212. The summed E-state index contributed by atoms with van der Waals surface area (Å²) >= 11 is 6.26. The van der Waals surface area contributed by atoms with Crippen molar-refractivity contribution in [3.05, 3.63) is 131 Å². The van der Waals surface area contributed by atoms with Gasteiger partial charge in [-0.2, -0.15) is 0 Å². The van der Waals surface area contributed by atoms with Crippen molar-refractivity contribution in [3.63, 3.8) is 0 Å². The number of likely N-dealkylation sites (N-methyl/N-ethyl adjacent to an activating group) is 1. The summed E-state index contributed by atoms with van der Waals surface area (Å²) in [6.07, 6.45) is 0.245. The minimum Gasteiger partial charge on any atom is -0.355 e. The van der Waals surface area contributed by atoms with Gasteiger partial charge >= 0.3 is 0 Å². The lowest BCUT2D eigenvalue weighted by molar-refractivity contribution is -0.140. The molecule has 218 valence electrons. The Kier molecular flexibility index (Phi) is 10.4. The first kappa shape index (κ1) is 30.8. The Balaban J connectivity index is 1.78. The van der Waals surface area contributed by atoms with Crippen LogP contribution >= 0.6 is 11.6 Å². The molecule has 1 N–H and O–H groups in total. The Morgan fingerprint density at radius 1 is 0.833 bits per heavy atom. The number of anilines is 1. The van der Waals surface area contributed by atoms with Crippen LogP contribution in [0.15, 0.2) is 114 Å². The zero-order chi connectivity index (χ0) is 30.1. The van der Waals surface area contributed by atoms with Crippen LogP contribution in [0.25, 0.3) is 0 Å². The van der Waals surface area contributed by atoms with Crippen molar-refractivity contribution in [2.45, 2.75) is 37.8 Å². The third kappa shape index (κ3) is 7.78. The summed E-state index contributed by atoms with van der Waals surface area (Å²) in [6.45, 7) is 3.64. The van der Waals surface area contributed by atoms with Gasteiger partial charge in [0.1, 0.15) is 12.6 Å². The molecule has 0 aromatic heterocycles. The Labute approximate surface area is 252 Å². The summed E-state index contributed by atoms with van der Waals surface area (Å²) in [5.41, 5.74) is 2.87. The van der Waals surface area contributed by atoms with Crippen LogP contribution in [0, 0.1) is 6.92 Å². The molecule has 0 unspecified atom stereocenters. The standard InChI is InChI=1S/C33H34ClN3O4S/c1-3-35-33(39)31(22-26-11-6-4-7-12-26)36(23-27-13-10-14-28(34)21-27)32(38)24-37(29-19-17-25(2)18-20-29)42(40,41)30-15-8-5-9-16-30/h4-21,31H,3,22-24H2,1-2H3,(H,35,39)/t31-/m1/s1. The summed E-state index contributed by atoms with van der Waals surface area (Å²) in [4.78, 5) is 29.3. The van der Waals surface area contributed by atoms with E-state index in [9.17, 15) is 18.0 Å². The molecule has 0 saturated heterocycles. The first-order chi connectivity index (χ1) is 20.2. The minimum atomic E-state index is -4.13. The summed E-state index contributed by atoms with van der Waals surface area (Å²) in [7, 11) is -4.13. The molecule has 0 aliphatic heterocycles. The number of carbonyl (C=O) groups excluding carboxylic acids is 2. The second kappa shape index (κ2) is 14.2. The van der Waals surface area contributed by atoms with Crippen molar-refractivity contribution in [2.24, 2.45) is 0 Å². The van der Waals surface area contributed by atoms with E-state index in [0.29, 0.717) is 22.8 Å². The van der Waals surface area contributed by atoms with Crippen LogP contribution in [0.4, 0.5) is 5.69 Å². The van der Waals surface area contributed by atoms with Crippen LogP contribution in [0.1, 0.15) is 23.6 Å². The Morgan fingerprint density at radius 3 is 2.07 bits per heavy atom. The van der Waals surface area contributed by atoms with Gasteiger partial charge in [-0.1, -0.05) is 90.0 Å². The number of hydrogen-bond donors (Lipinski definition) is 1. The van der Waals surface area contributed by atoms with Crippen LogP contribution in [0.3, 0.4) is 0 Å². The molecule has 0 bridgehead atoms. The zero-order valence-electron chi connectivity index (χ0n) is 23.6. The van der Waals surface area contributed by atoms with E-state index >= 15 is 0 Å². The summed E-state index contributed by atoms with van der Waals surface area (Å²) in [5.74, 6) is -0.855. The second-order valence-electron chi connectivity index (χ2n) is 9.91. The number of halogens is 1. The molecule has 4 rings (SSSR count). The number of aryl methyl sites for hydroxylation is 1. The summed E-state index contributed by atoms with van der Waals surface area (Å²) < 4.78 is 29.0. The maximum atomic E-state index is 14.3. The molecule has 0 heterocycles. The fourth-order valence-corrected chi connectivity index (χ4v) is 6.29. The molecule has 2 amide bonds. The highest BCUT2D eigenvalue weighted by molar-refractivity contribution is 7.92. The lowest BCUT2D eigenvalue weighted by Crippen LogP contribution is -2.53. The van der Waals surface area contributed by atoms with Crippen molar-refractivity contribution in [1.29, 1.82) is 0 Å². The van der Waals surface area contributed by atoms with E-state index in [1.165, 1.54) is 17.0 Å². The van der Waals surface area contributed by atoms with Gasteiger partial charge in [0.2, 0.25) is 11.8 Å². The van der Waals surface area contributed by atoms with E-state index in [1.54, 1.807) is 60.7 Å². The lowest BCUT2D eigenvalue weighted by Gasteiger charge is -2.34. The van der Waals surface area contributed by atoms with Crippen LogP contribution in [0.5, 0.6) is 0 Å². The Morgan fingerprint density at radius 2 is 1.45 bits per heavy atom. The predicted molar refractivity (Wildman–Crippen MR) is 167 cm³/mol. The molecule has 4 aromatic carbocycles. The van der Waals surface area contributed by atoms with Crippen molar-refractivity contribution in [2.75, 3.05) is 17.4 Å².